The van der Waals surface area contributed by atoms with Crippen molar-refractivity contribution < 1.29 is 5.11 Å². The molecule has 3 N–H and O–H groups in total. The third-order valence-corrected chi connectivity index (χ3v) is 3.17. The van der Waals surface area contributed by atoms with E-state index in [1.807, 2.05) is 25.4 Å². The summed E-state index contributed by atoms with van der Waals surface area (Å²) in [5.41, 5.74) is 0.701. The van der Waals surface area contributed by atoms with Gasteiger partial charge in [-0.05, 0) is 45.4 Å². The van der Waals surface area contributed by atoms with E-state index in [0.717, 1.165) is 45.1 Å². The molecule has 18 heavy (non-hydrogen) atoms. The van der Waals surface area contributed by atoms with E-state index >= 15 is 0 Å². The number of hydrogen-bond donors (Lipinski definition) is 3. The van der Waals surface area contributed by atoms with E-state index in [4.69, 9.17) is 5.41 Å². The van der Waals surface area contributed by atoms with Gasteiger partial charge in [-0.3, -0.25) is 4.99 Å². The molecule has 1 aliphatic rings. The van der Waals surface area contributed by atoms with Crippen LogP contribution in [-0.4, -0.2) is 35.7 Å². The molecule has 0 aromatic carbocycles. The molecular weight excluding hydrogens is 226 g/mol. The fourth-order valence-corrected chi connectivity index (χ4v) is 2.04. The van der Waals surface area contributed by atoms with Gasteiger partial charge in [0.15, 0.2) is 0 Å². The summed E-state index contributed by atoms with van der Waals surface area (Å²) in [6, 6.07) is 0.544. The van der Waals surface area contributed by atoms with Crippen LogP contribution in [0.4, 0.5) is 0 Å². The second kappa shape index (κ2) is 9.00. The van der Waals surface area contributed by atoms with E-state index in [9.17, 15) is 5.11 Å². The Hall–Kier alpha value is -1.00. The molecule has 0 heterocycles. The minimum atomic E-state index is -0.0829. The van der Waals surface area contributed by atoms with Gasteiger partial charge >= 0.3 is 0 Å². The van der Waals surface area contributed by atoms with Crippen molar-refractivity contribution in [2.45, 2.75) is 57.6 Å². The zero-order valence-electron chi connectivity index (χ0n) is 11.2. The summed E-state index contributed by atoms with van der Waals surface area (Å²) in [5.74, 6) is 0. The van der Waals surface area contributed by atoms with Crippen LogP contribution < -0.4 is 5.32 Å². The molecule has 1 rings (SSSR count). The van der Waals surface area contributed by atoms with Crippen molar-refractivity contribution in [2.75, 3.05) is 6.54 Å². The Morgan fingerprint density at radius 1 is 1.39 bits per heavy atom. The minimum Gasteiger partial charge on any atom is -0.393 e. The monoisotopic (exact) mass is 251 g/mol. The van der Waals surface area contributed by atoms with Crippen molar-refractivity contribution in [3.8, 4) is 0 Å². The average molecular weight is 251 g/mol. The summed E-state index contributed by atoms with van der Waals surface area (Å²) >= 11 is 0. The number of nitrogens with zero attached hydrogens (tertiary/aromatic N) is 1. The van der Waals surface area contributed by atoms with Gasteiger partial charge in [-0.2, -0.15) is 0 Å². The van der Waals surface area contributed by atoms with Gasteiger partial charge in [-0.15, -0.1) is 0 Å². The summed E-state index contributed by atoms with van der Waals surface area (Å²) in [4.78, 5) is 4.16. The Balaban J connectivity index is 2.01. The zero-order chi connectivity index (χ0) is 13.2. The van der Waals surface area contributed by atoms with Gasteiger partial charge in [0.05, 0.1) is 6.10 Å². The molecule has 1 saturated carbocycles. The standard InChI is InChI=1S/C14H25N3O/c1-12(15)4-2-9-16-10-3-11-17-13-5-7-14(18)8-6-13/h3,9-10,13-15,17-18H,2,4-8,11H2,1H3. The molecule has 1 fully saturated rings. The van der Waals surface area contributed by atoms with Crippen molar-refractivity contribution in [1.29, 1.82) is 5.41 Å². The van der Waals surface area contributed by atoms with E-state index < -0.39 is 0 Å². The van der Waals surface area contributed by atoms with Gasteiger partial charge in [0.1, 0.15) is 0 Å². The molecule has 4 heteroatoms. The Labute approximate surface area is 110 Å². The van der Waals surface area contributed by atoms with Gasteiger partial charge in [-0.25, -0.2) is 0 Å². The number of aliphatic hydroxyl groups is 1. The Kier molecular flexibility index (Phi) is 7.53. The molecule has 0 aromatic rings. The maximum atomic E-state index is 9.38. The minimum absolute atomic E-state index is 0.0829. The van der Waals surface area contributed by atoms with Crippen LogP contribution in [0.1, 0.15) is 45.4 Å². The fourth-order valence-electron chi connectivity index (χ4n) is 2.04. The molecule has 0 atom stereocenters. The third-order valence-electron chi connectivity index (χ3n) is 3.17. The van der Waals surface area contributed by atoms with Crippen molar-refractivity contribution in [3.63, 3.8) is 0 Å². The fraction of sp³-hybridized carbons (Fsp3) is 0.714. The maximum absolute atomic E-state index is 9.38. The Morgan fingerprint density at radius 3 is 2.78 bits per heavy atom. The molecule has 102 valence electrons. The van der Waals surface area contributed by atoms with Crippen LogP contribution in [0.5, 0.6) is 0 Å². The molecule has 0 amide bonds. The molecule has 0 aromatic heterocycles. The normalized spacial score (nSPS) is 25.0. The first kappa shape index (κ1) is 15.1. The third kappa shape index (κ3) is 7.35. The smallest absolute Gasteiger partial charge is 0.0541 e. The van der Waals surface area contributed by atoms with Crippen molar-refractivity contribution in [1.82, 2.24) is 5.32 Å². The van der Waals surface area contributed by atoms with Crippen LogP contribution in [0.25, 0.3) is 0 Å². The molecular formula is C14H25N3O. The highest BCUT2D eigenvalue weighted by molar-refractivity contribution is 5.80. The van der Waals surface area contributed by atoms with Crippen LogP contribution in [0.2, 0.25) is 0 Å². The molecule has 1 aliphatic carbocycles. The highest BCUT2D eigenvalue weighted by Crippen LogP contribution is 2.17. The lowest BCUT2D eigenvalue weighted by Gasteiger charge is -2.25. The van der Waals surface area contributed by atoms with Gasteiger partial charge in [0.25, 0.3) is 0 Å². The highest BCUT2D eigenvalue weighted by atomic mass is 16.3. The predicted octanol–water partition coefficient (Wildman–Crippen LogP) is 2.28. The lowest BCUT2D eigenvalue weighted by atomic mass is 9.93. The molecule has 0 radical (unpaired) electrons. The van der Waals surface area contributed by atoms with Crippen molar-refractivity contribution >= 4 is 11.9 Å². The van der Waals surface area contributed by atoms with Crippen LogP contribution in [-0.2, 0) is 0 Å². The number of nitrogens with one attached hydrogen (secondary N) is 2. The zero-order valence-corrected chi connectivity index (χ0v) is 11.2. The van der Waals surface area contributed by atoms with E-state index in [-0.39, 0.29) is 6.10 Å². The largest absolute Gasteiger partial charge is 0.393 e. The molecule has 4 nitrogen and oxygen atoms in total. The van der Waals surface area contributed by atoms with Crippen LogP contribution >= 0.6 is 0 Å². The van der Waals surface area contributed by atoms with Crippen LogP contribution in [0.3, 0.4) is 0 Å². The SMILES string of the molecule is CC(=N)CCC=NC=CCNC1CCC(O)CC1. The Morgan fingerprint density at radius 2 is 2.11 bits per heavy atom. The second-order valence-corrected chi connectivity index (χ2v) is 4.95. The lowest BCUT2D eigenvalue weighted by Crippen LogP contribution is -2.34. The number of hydrogen-bond acceptors (Lipinski definition) is 4. The van der Waals surface area contributed by atoms with E-state index in [2.05, 4.69) is 10.3 Å². The summed E-state index contributed by atoms with van der Waals surface area (Å²) in [6.07, 6.45) is 11.2. The van der Waals surface area contributed by atoms with Crippen LogP contribution in [0.15, 0.2) is 17.3 Å². The summed E-state index contributed by atoms with van der Waals surface area (Å²) in [7, 11) is 0. The summed E-state index contributed by atoms with van der Waals surface area (Å²) in [6.45, 7) is 2.65. The summed E-state index contributed by atoms with van der Waals surface area (Å²) < 4.78 is 0. The van der Waals surface area contributed by atoms with E-state index in [0.29, 0.717) is 11.8 Å². The number of aliphatic hydroxyl groups excluding tert-OH is 1. The molecule has 0 saturated heterocycles. The van der Waals surface area contributed by atoms with Gasteiger partial charge in [-0.1, -0.05) is 6.08 Å². The lowest BCUT2D eigenvalue weighted by molar-refractivity contribution is 0.117. The van der Waals surface area contributed by atoms with Gasteiger partial charge in [0, 0.05) is 30.7 Å². The average Bonchev–Trinajstić information content (AvgIpc) is 2.34. The maximum Gasteiger partial charge on any atom is 0.0541 e. The van der Waals surface area contributed by atoms with Crippen molar-refractivity contribution in [3.05, 3.63) is 12.3 Å². The summed E-state index contributed by atoms with van der Waals surface area (Å²) in [5, 5.41) is 20.1. The van der Waals surface area contributed by atoms with Crippen molar-refractivity contribution in [2.24, 2.45) is 4.99 Å². The number of aliphatic imine (C=N–C) groups is 1. The first-order valence-corrected chi connectivity index (χ1v) is 6.80. The first-order chi connectivity index (χ1) is 8.68. The van der Waals surface area contributed by atoms with Gasteiger partial charge in [0.2, 0.25) is 0 Å². The first-order valence-electron chi connectivity index (χ1n) is 6.80. The molecule has 0 unspecified atom stereocenters. The highest BCUT2D eigenvalue weighted by Gasteiger charge is 2.17. The quantitative estimate of drug-likeness (QED) is 0.608. The van der Waals surface area contributed by atoms with Crippen LogP contribution in [0, 0.1) is 5.41 Å². The van der Waals surface area contributed by atoms with E-state index in [1.54, 1.807) is 0 Å². The molecule has 0 spiro atoms. The second-order valence-electron chi connectivity index (χ2n) is 4.95. The van der Waals surface area contributed by atoms with E-state index in [1.165, 1.54) is 0 Å². The topological polar surface area (TPSA) is 68.5 Å². The molecule has 0 bridgehead atoms. The molecule has 0 aliphatic heterocycles. The van der Waals surface area contributed by atoms with Gasteiger partial charge < -0.3 is 15.8 Å². The predicted molar refractivity (Wildman–Crippen MR) is 76.5 cm³/mol. The Bertz CT molecular complexity index is 291. The number of rotatable bonds is 7.